The molecule has 1 fully saturated rings. The van der Waals surface area contributed by atoms with E-state index in [1.54, 1.807) is 0 Å². The van der Waals surface area contributed by atoms with E-state index >= 15 is 0 Å². The number of hydrogen-bond acceptors (Lipinski definition) is 4. The number of hydrogen-bond donors (Lipinski definition) is 1. The van der Waals surface area contributed by atoms with Crippen LogP contribution in [0.4, 0.5) is 0 Å². The molecule has 1 unspecified atom stereocenters. The van der Waals surface area contributed by atoms with Gasteiger partial charge >= 0.3 is 5.97 Å². The zero-order valence-electron chi connectivity index (χ0n) is 16.8. The van der Waals surface area contributed by atoms with E-state index in [-0.39, 0.29) is 5.97 Å². The summed E-state index contributed by atoms with van der Waals surface area (Å²) in [6, 6.07) is 18.3. The van der Waals surface area contributed by atoms with Crippen molar-refractivity contribution >= 4 is 5.97 Å². The van der Waals surface area contributed by atoms with E-state index < -0.39 is 0 Å². The molecule has 0 aliphatic carbocycles. The van der Waals surface area contributed by atoms with E-state index in [4.69, 9.17) is 4.74 Å². The maximum Gasteiger partial charge on any atom is 0.337 e. The van der Waals surface area contributed by atoms with Crippen molar-refractivity contribution < 1.29 is 9.53 Å². The molecule has 5 heteroatoms. The molecule has 1 N–H and O–H groups in total. The molecule has 0 radical (unpaired) electrons. The third-order valence-electron chi connectivity index (χ3n) is 5.68. The number of benzene rings is 2. The van der Waals surface area contributed by atoms with Crippen LogP contribution < -0.4 is 0 Å². The first-order chi connectivity index (χ1) is 14.2. The van der Waals surface area contributed by atoms with Gasteiger partial charge in [-0.1, -0.05) is 42.5 Å². The van der Waals surface area contributed by atoms with Crippen LogP contribution in [-0.2, 0) is 17.7 Å². The first kappa shape index (κ1) is 19.4. The molecule has 5 nitrogen and oxygen atoms in total. The Morgan fingerprint density at radius 2 is 1.93 bits per heavy atom. The number of aromatic nitrogens is 2. The van der Waals surface area contributed by atoms with Crippen molar-refractivity contribution in [2.75, 3.05) is 20.2 Å². The molecule has 150 valence electrons. The number of piperidine rings is 1. The Morgan fingerprint density at radius 1 is 1.14 bits per heavy atom. The molecule has 1 aromatic heterocycles. The monoisotopic (exact) mass is 389 g/mol. The highest BCUT2D eigenvalue weighted by Gasteiger charge is 2.24. The predicted octanol–water partition coefficient (Wildman–Crippen LogP) is 4.17. The Bertz CT molecular complexity index is 934. The molecule has 0 bridgehead atoms. The Labute approximate surface area is 171 Å². The van der Waals surface area contributed by atoms with Gasteiger partial charge in [-0.25, -0.2) is 4.79 Å². The number of ether oxygens (including phenoxy) is 1. The normalized spacial score (nSPS) is 17.2. The van der Waals surface area contributed by atoms with Gasteiger partial charge in [-0.2, -0.15) is 5.10 Å². The van der Waals surface area contributed by atoms with Gasteiger partial charge in [0.15, 0.2) is 0 Å². The standard InChI is InChI=1S/C24H27N3O2/c1-29-24(28)20-11-9-19(10-12-20)16-27-13-5-8-21(17-27)23-22(15-25-26-23)14-18-6-3-2-4-7-18/h2-4,6-7,9-12,15,21H,5,8,13-14,16-17H2,1H3,(H,25,26). The molecule has 2 aromatic carbocycles. The third kappa shape index (κ3) is 4.74. The molecule has 0 saturated carbocycles. The van der Waals surface area contributed by atoms with Crippen molar-refractivity contribution in [2.24, 2.45) is 0 Å². The van der Waals surface area contributed by atoms with Gasteiger partial charge in [0.2, 0.25) is 0 Å². The highest BCUT2D eigenvalue weighted by Crippen LogP contribution is 2.29. The average molecular weight is 389 g/mol. The van der Waals surface area contributed by atoms with Crippen molar-refractivity contribution in [1.29, 1.82) is 0 Å². The minimum Gasteiger partial charge on any atom is -0.465 e. The number of methoxy groups -OCH3 is 1. The zero-order valence-corrected chi connectivity index (χ0v) is 16.8. The van der Waals surface area contributed by atoms with E-state index in [1.165, 1.54) is 42.3 Å². The fraction of sp³-hybridized carbons (Fsp3) is 0.333. The molecule has 0 amide bonds. The fourth-order valence-corrected chi connectivity index (χ4v) is 4.19. The van der Waals surface area contributed by atoms with Crippen LogP contribution >= 0.6 is 0 Å². The van der Waals surface area contributed by atoms with Crippen LogP contribution in [0.3, 0.4) is 0 Å². The van der Waals surface area contributed by atoms with E-state index in [0.717, 1.165) is 26.1 Å². The largest absolute Gasteiger partial charge is 0.465 e. The predicted molar refractivity (Wildman–Crippen MR) is 113 cm³/mol. The summed E-state index contributed by atoms with van der Waals surface area (Å²) in [5, 5.41) is 7.63. The molecule has 3 aromatic rings. The van der Waals surface area contributed by atoms with Gasteiger partial charge in [-0.3, -0.25) is 10.00 Å². The number of carbonyl (C=O) groups excluding carboxylic acids is 1. The topological polar surface area (TPSA) is 58.2 Å². The lowest BCUT2D eigenvalue weighted by Crippen LogP contribution is -2.34. The van der Waals surface area contributed by atoms with Gasteiger partial charge in [-0.05, 0) is 48.2 Å². The minimum absolute atomic E-state index is 0.292. The first-order valence-electron chi connectivity index (χ1n) is 10.2. The first-order valence-corrected chi connectivity index (χ1v) is 10.2. The molecule has 4 rings (SSSR count). The second-order valence-electron chi connectivity index (χ2n) is 7.73. The Kier molecular flexibility index (Phi) is 6.06. The van der Waals surface area contributed by atoms with Crippen LogP contribution in [0.25, 0.3) is 0 Å². The Hall–Kier alpha value is -2.92. The number of nitrogens with zero attached hydrogens (tertiary/aromatic N) is 2. The van der Waals surface area contributed by atoms with E-state index in [2.05, 4.69) is 45.4 Å². The summed E-state index contributed by atoms with van der Waals surface area (Å²) in [6.45, 7) is 3.00. The molecule has 0 spiro atoms. The maximum absolute atomic E-state index is 11.6. The molecule has 1 aliphatic heterocycles. The van der Waals surface area contributed by atoms with Crippen molar-refractivity contribution in [3.63, 3.8) is 0 Å². The second-order valence-corrected chi connectivity index (χ2v) is 7.73. The molecule has 1 atom stereocenters. The summed E-state index contributed by atoms with van der Waals surface area (Å²) >= 11 is 0. The van der Waals surface area contributed by atoms with Gasteiger partial charge < -0.3 is 4.74 Å². The molecular formula is C24H27N3O2. The van der Waals surface area contributed by atoms with Crippen molar-refractivity contribution in [3.05, 3.63) is 88.7 Å². The lowest BCUT2D eigenvalue weighted by Gasteiger charge is -2.32. The van der Waals surface area contributed by atoms with Gasteiger partial charge in [0.1, 0.15) is 0 Å². The minimum atomic E-state index is -0.292. The van der Waals surface area contributed by atoms with Crippen LogP contribution in [0.5, 0.6) is 0 Å². The summed E-state index contributed by atoms with van der Waals surface area (Å²) in [5.74, 6) is 0.180. The van der Waals surface area contributed by atoms with E-state index in [0.29, 0.717) is 11.5 Å². The average Bonchev–Trinajstić information content (AvgIpc) is 3.23. The summed E-state index contributed by atoms with van der Waals surface area (Å²) in [7, 11) is 1.41. The van der Waals surface area contributed by atoms with Gasteiger partial charge in [-0.15, -0.1) is 0 Å². The van der Waals surface area contributed by atoms with Crippen LogP contribution in [0.2, 0.25) is 0 Å². The van der Waals surface area contributed by atoms with Crippen LogP contribution in [0, 0.1) is 0 Å². The SMILES string of the molecule is COC(=O)c1ccc(CN2CCCC(c3[nH]ncc3Cc3ccccc3)C2)cc1. The Morgan fingerprint density at radius 3 is 2.69 bits per heavy atom. The number of H-pyrrole nitrogens is 1. The molecule has 1 aliphatic rings. The number of nitrogens with one attached hydrogen (secondary N) is 1. The molecular weight excluding hydrogens is 362 g/mol. The third-order valence-corrected chi connectivity index (χ3v) is 5.68. The van der Waals surface area contributed by atoms with Crippen molar-refractivity contribution in [3.8, 4) is 0 Å². The summed E-state index contributed by atoms with van der Waals surface area (Å²) in [6.07, 6.45) is 5.25. The maximum atomic E-state index is 11.6. The zero-order chi connectivity index (χ0) is 20.1. The number of rotatable bonds is 6. The van der Waals surface area contributed by atoms with Gasteiger partial charge in [0.05, 0.1) is 18.9 Å². The highest BCUT2D eigenvalue weighted by atomic mass is 16.5. The van der Waals surface area contributed by atoms with Crippen molar-refractivity contribution in [2.45, 2.75) is 31.7 Å². The smallest absolute Gasteiger partial charge is 0.337 e. The van der Waals surface area contributed by atoms with Crippen LogP contribution in [0.1, 0.15) is 51.5 Å². The Balaban J connectivity index is 1.41. The fourth-order valence-electron chi connectivity index (χ4n) is 4.19. The van der Waals surface area contributed by atoms with Gasteiger partial charge in [0, 0.05) is 31.1 Å². The number of esters is 1. The molecule has 1 saturated heterocycles. The number of aromatic amines is 1. The van der Waals surface area contributed by atoms with E-state index in [9.17, 15) is 4.79 Å². The quantitative estimate of drug-likeness (QED) is 0.643. The number of carbonyl (C=O) groups is 1. The van der Waals surface area contributed by atoms with Crippen LogP contribution in [0.15, 0.2) is 60.8 Å². The summed E-state index contributed by atoms with van der Waals surface area (Å²) in [5.41, 5.74) is 5.70. The molecule has 29 heavy (non-hydrogen) atoms. The highest BCUT2D eigenvalue weighted by molar-refractivity contribution is 5.89. The van der Waals surface area contributed by atoms with Crippen molar-refractivity contribution in [1.82, 2.24) is 15.1 Å². The molecule has 2 heterocycles. The van der Waals surface area contributed by atoms with E-state index in [1.807, 2.05) is 30.5 Å². The van der Waals surface area contributed by atoms with Gasteiger partial charge in [0.25, 0.3) is 0 Å². The summed E-state index contributed by atoms with van der Waals surface area (Å²) in [4.78, 5) is 14.1. The lowest BCUT2D eigenvalue weighted by molar-refractivity contribution is 0.0600. The van der Waals surface area contributed by atoms with Crippen LogP contribution in [-0.4, -0.2) is 41.3 Å². The second kappa shape index (κ2) is 9.05. The number of likely N-dealkylation sites (tertiary alicyclic amines) is 1. The summed E-state index contributed by atoms with van der Waals surface area (Å²) < 4.78 is 4.78. The lowest BCUT2D eigenvalue weighted by atomic mass is 9.90.